The van der Waals surface area contributed by atoms with E-state index in [0.717, 1.165) is 36.5 Å². The molecule has 2 atom stereocenters. The number of ether oxygens (including phenoxy) is 2. The summed E-state index contributed by atoms with van der Waals surface area (Å²) in [6, 6.07) is 9.85. The van der Waals surface area contributed by atoms with Crippen molar-refractivity contribution < 1.29 is 14.3 Å². The fourth-order valence-corrected chi connectivity index (χ4v) is 4.27. The summed E-state index contributed by atoms with van der Waals surface area (Å²) >= 11 is 0. The fraction of sp³-hybridized carbons (Fsp3) is 0.400. The summed E-state index contributed by atoms with van der Waals surface area (Å²) in [5.74, 6) is 2.20. The Hall–Kier alpha value is -3.56. The van der Waals surface area contributed by atoms with Crippen LogP contribution in [0.2, 0.25) is 0 Å². The molecule has 3 aromatic rings. The standard InChI is InChI=1S/C20H23N7O3/c1-29-16-4-3-13(7-17(16)30-2)9-21-20(28)27-14-8-15(27)11-25(10-14)19-6-5-18-23-22-12-26(18)24-19/h3-7,12,14-15H,8-11H2,1-2H3,(H,21,28). The molecule has 2 amide bonds. The number of fused-ring (bicyclic) bond motifs is 3. The van der Waals surface area contributed by atoms with Gasteiger partial charge in [-0.3, -0.25) is 0 Å². The number of hydrogen-bond acceptors (Lipinski definition) is 7. The third kappa shape index (κ3) is 3.14. The first-order chi connectivity index (χ1) is 14.7. The SMILES string of the molecule is COc1ccc(CNC(=O)N2C3CC2CN(c2ccc4nncn4n2)C3)cc1OC. The van der Waals surface area contributed by atoms with Gasteiger partial charge in [-0.15, -0.1) is 15.3 Å². The molecule has 1 aromatic carbocycles. The van der Waals surface area contributed by atoms with E-state index >= 15 is 0 Å². The average Bonchev–Trinajstić information content (AvgIpc) is 3.25. The van der Waals surface area contributed by atoms with Gasteiger partial charge in [-0.2, -0.15) is 4.52 Å². The van der Waals surface area contributed by atoms with Crippen molar-refractivity contribution in [2.75, 3.05) is 32.2 Å². The molecule has 2 bridgehead atoms. The van der Waals surface area contributed by atoms with Gasteiger partial charge >= 0.3 is 6.03 Å². The third-order valence-electron chi connectivity index (χ3n) is 5.79. The van der Waals surface area contributed by atoms with Crippen molar-refractivity contribution in [1.29, 1.82) is 0 Å². The highest BCUT2D eigenvalue weighted by Gasteiger charge is 2.47. The molecule has 30 heavy (non-hydrogen) atoms. The van der Waals surface area contributed by atoms with Crippen LogP contribution in [0.1, 0.15) is 12.0 Å². The van der Waals surface area contributed by atoms with Gasteiger partial charge in [0.05, 0.1) is 26.3 Å². The normalized spacial score (nSPS) is 20.1. The molecule has 3 aliphatic heterocycles. The van der Waals surface area contributed by atoms with E-state index in [-0.39, 0.29) is 18.1 Å². The van der Waals surface area contributed by atoms with E-state index in [2.05, 4.69) is 25.5 Å². The van der Waals surface area contributed by atoms with E-state index in [9.17, 15) is 4.79 Å². The molecule has 0 radical (unpaired) electrons. The van der Waals surface area contributed by atoms with Crippen LogP contribution in [0.3, 0.4) is 0 Å². The molecule has 10 nitrogen and oxygen atoms in total. The maximum Gasteiger partial charge on any atom is 0.318 e. The maximum absolute atomic E-state index is 12.8. The first-order valence-electron chi connectivity index (χ1n) is 9.85. The van der Waals surface area contributed by atoms with Crippen LogP contribution in [0.25, 0.3) is 5.65 Å². The van der Waals surface area contributed by atoms with Gasteiger partial charge in [0.1, 0.15) is 12.1 Å². The number of amides is 2. The smallest absolute Gasteiger partial charge is 0.318 e. The highest BCUT2D eigenvalue weighted by Crippen LogP contribution is 2.34. The van der Waals surface area contributed by atoms with E-state index < -0.39 is 0 Å². The number of carbonyl (C=O) groups excluding carboxylic acids is 1. The number of piperidine rings is 1. The second-order valence-corrected chi connectivity index (χ2v) is 7.53. The molecular weight excluding hydrogens is 386 g/mol. The average molecular weight is 409 g/mol. The number of aromatic nitrogens is 4. The summed E-state index contributed by atoms with van der Waals surface area (Å²) < 4.78 is 12.3. The Bertz CT molecular complexity index is 1070. The molecule has 10 heteroatoms. The van der Waals surface area contributed by atoms with E-state index in [1.54, 1.807) is 25.1 Å². The predicted octanol–water partition coefficient (Wildman–Crippen LogP) is 1.31. The van der Waals surface area contributed by atoms with E-state index in [1.165, 1.54) is 0 Å². The van der Waals surface area contributed by atoms with Crippen LogP contribution in [0.4, 0.5) is 10.6 Å². The van der Waals surface area contributed by atoms with E-state index in [4.69, 9.17) is 9.47 Å². The number of hydrogen-bond donors (Lipinski definition) is 1. The summed E-state index contributed by atoms with van der Waals surface area (Å²) in [7, 11) is 3.20. The number of carbonyl (C=O) groups is 1. The number of rotatable bonds is 5. The van der Waals surface area contributed by atoms with E-state index in [1.807, 2.05) is 35.2 Å². The van der Waals surface area contributed by atoms with Gasteiger partial charge < -0.3 is 24.6 Å². The lowest BCUT2D eigenvalue weighted by atomic mass is 9.88. The minimum Gasteiger partial charge on any atom is -0.493 e. The molecule has 1 N–H and O–H groups in total. The Balaban J connectivity index is 1.20. The van der Waals surface area contributed by atoms with Crippen LogP contribution in [0, 0.1) is 0 Å². The summed E-state index contributed by atoms with van der Waals surface area (Å²) in [5, 5.41) is 15.5. The van der Waals surface area contributed by atoms with Crippen LogP contribution in [-0.2, 0) is 6.54 Å². The minimum absolute atomic E-state index is 0.0343. The molecule has 3 aliphatic rings. The third-order valence-corrected chi connectivity index (χ3v) is 5.79. The molecule has 156 valence electrons. The second kappa shape index (κ2) is 7.36. The van der Waals surface area contributed by atoms with Crippen molar-refractivity contribution >= 4 is 17.5 Å². The number of anilines is 1. The molecule has 0 aliphatic carbocycles. The lowest BCUT2D eigenvalue weighted by Gasteiger charge is -2.56. The molecule has 0 saturated carbocycles. The van der Waals surface area contributed by atoms with Crippen molar-refractivity contribution in [3.05, 3.63) is 42.2 Å². The van der Waals surface area contributed by atoms with Gasteiger partial charge in [0.2, 0.25) is 0 Å². The lowest BCUT2D eigenvalue weighted by molar-refractivity contribution is 0.0364. The summed E-state index contributed by atoms with van der Waals surface area (Å²) in [4.78, 5) is 16.9. The first kappa shape index (κ1) is 18.5. The highest BCUT2D eigenvalue weighted by atomic mass is 16.5. The Morgan fingerprint density at radius 3 is 2.70 bits per heavy atom. The van der Waals surface area contributed by atoms with Gasteiger partial charge in [-0.25, -0.2) is 4.79 Å². The Morgan fingerprint density at radius 2 is 1.93 bits per heavy atom. The largest absolute Gasteiger partial charge is 0.493 e. The van der Waals surface area contributed by atoms with Gasteiger partial charge in [-0.05, 0) is 36.2 Å². The van der Waals surface area contributed by atoms with Crippen LogP contribution in [-0.4, -0.2) is 70.1 Å². The number of urea groups is 1. The second-order valence-electron chi connectivity index (χ2n) is 7.53. The number of benzene rings is 1. The monoisotopic (exact) mass is 409 g/mol. The number of methoxy groups -OCH3 is 2. The Morgan fingerprint density at radius 1 is 1.13 bits per heavy atom. The molecule has 3 fully saturated rings. The van der Waals surface area contributed by atoms with Crippen molar-refractivity contribution in [2.45, 2.75) is 25.0 Å². The molecule has 3 saturated heterocycles. The van der Waals surface area contributed by atoms with Crippen LogP contribution in [0.5, 0.6) is 11.5 Å². The maximum atomic E-state index is 12.8. The number of nitrogens with one attached hydrogen (secondary N) is 1. The fourth-order valence-electron chi connectivity index (χ4n) is 4.27. The highest BCUT2D eigenvalue weighted by molar-refractivity contribution is 5.76. The molecule has 6 rings (SSSR count). The molecule has 0 spiro atoms. The predicted molar refractivity (Wildman–Crippen MR) is 109 cm³/mol. The van der Waals surface area contributed by atoms with Crippen LogP contribution in [0.15, 0.2) is 36.7 Å². The first-order valence-corrected chi connectivity index (χ1v) is 9.85. The quantitative estimate of drug-likeness (QED) is 0.679. The lowest BCUT2D eigenvalue weighted by Crippen LogP contribution is -2.71. The van der Waals surface area contributed by atoms with Crippen molar-refractivity contribution in [1.82, 2.24) is 30.0 Å². The number of nitrogens with zero attached hydrogens (tertiary/aromatic N) is 6. The summed E-state index contributed by atoms with van der Waals surface area (Å²) in [6.45, 7) is 1.96. The molecular formula is C20H23N7O3. The number of piperazine rings is 1. The van der Waals surface area contributed by atoms with Crippen molar-refractivity contribution in [2.24, 2.45) is 0 Å². The summed E-state index contributed by atoms with van der Waals surface area (Å²) in [5.41, 5.74) is 1.68. The Kier molecular flexibility index (Phi) is 4.53. The minimum atomic E-state index is -0.0343. The van der Waals surface area contributed by atoms with Crippen molar-refractivity contribution in [3.63, 3.8) is 0 Å². The van der Waals surface area contributed by atoms with Crippen LogP contribution < -0.4 is 19.7 Å². The zero-order valence-corrected chi connectivity index (χ0v) is 16.9. The zero-order chi connectivity index (χ0) is 20.7. The topological polar surface area (TPSA) is 97.1 Å². The van der Waals surface area contributed by atoms with Crippen LogP contribution >= 0.6 is 0 Å². The van der Waals surface area contributed by atoms with E-state index in [0.29, 0.717) is 18.0 Å². The molecule has 5 heterocycles. The summed E-state index contributed by atoms with van der Waals surface area (Å²) in [6.07, 6.45) is 2.62. The van der Waals surface area contributed by atoms with Gasteiger partial charge in [0.25, 0.3) is 0 Å². The molecule has 2 unspecified atom stereocenters. The van der Waals surface area contributed by atoms with Gasteiger partial charge in [0, 0.05) is 19.6 Å². The Labute approximate surface area is 173 Å². The molecule has 2 aromatic heterocycles. The van der Waals surface area contributed by atoms with Gasteiger partial charge in [0.15, 0.2) is 17.1 Å². The van der Waals surface area contributed by atoms with Gasteiger partial charge in [-0.1, -0.05) is 6.07 Å². The van der Waals surface area contributed by atoms with Crippen molar-refractivity contribution in [3.8, 4) is 11.5 Å². The zero-order valence-electron chi connectivity index (χ0n) is 16.9.